The van der Waals surface area contributed by atoms with Crippen LogP contribution in [-0.4, -0.2) is 43.0 Å². The van der Waals surface area contributed by atoms with Crippen LogP contribution in [-0.2, 0) is 11.2 Å². The number of morpholine rings is 1. The fourth-order valence-corrected chi connectivity index (χ4v) is 4.70. The summed E-state index contributed by atoms with van der Waals surface area (Å²) >= 11 is 1.41. The normalized spacial score (nSPS) is 14.0. The molecule has 0 unspecified atom stereocenters. The molecule has 1 aliphatic rings. The van der Waals surface area contributed by atoms with Crippen molar-refractivity contribution in [3.8, 4) is 10.4 Å². The highest BCUT2D eigenvalue weighted by Gasteiger charge is 2.28. The second-order valence-electron chi connectivity index (χ2n) is 7.10. The van der Waals surface area contributed by atoms with Gasteiger partial charge in [0.15, 0.2) is 5.76 Å². The number of benzene rings is 1. The van der Waals surface area contributed by atoms with Crippen LogP contribution in [0, 0.1) is 6.92 Å². The fourth-order valence-electron chi connectivity index (χ4n) is 3.50. The Morgan fingerprint density at radius 2 is 1.83 bits per heavy atom. The van der Waals surface area contributed by atoms with Crippen LogP contribution in [0.5, 0.6) is 0 Å². The third-order valence-corrected chi connectivity index (χ3v) is 6.41. The molecule has 0 atom stereocenters. The van der Waals surface area contributed by atoms with Gasteiger partial charge in [0.2, 0.25) is 0 Å². The van der Waals surface area contributed by atoms with Gasteiger partial charge in [-0.1, -0.05) is 37.3 Å². The summed E-state index contributed by atoms with van der Waals surface area (Å²) in [5.41, 5.74) is 2.42. The lowest BCUT2D eigenvalue weighted by atomic mass is 10.1. The van der Waals surface area contributed by atoms with Gasteiger partial charge in [-0.3, -0.25) is 9.59 Å². The van der Waals surface area contributed by atoms with Gasteiger partial charge < -0.3 is 19.4 Å². The summed E-state index contributed by atoms with van der Waals surface area (Å²) < 4.78 is 11.0. The molecule has 0 spiro atoms. The van der Waals surface area contributed by atoms with Crippen molar-refractivity contribution in [1.82, 2.24) is 4.90 Å². The molecule has 1 N–H and O–H groups in total. The van der Waals surface area contributed by atoms with E-state index in [1.165, 1.54) is 11.3 Å². The molecular weight excluding hydrogens is 400 g/mol. The van der Waals surface area contributed by atoms with Gasteiger partial charge in [-0.25, -0.2) is 0 Å². The van der Waals surface area contributed by atoms with E-state index in [0.717, 1.165) is 21.8 Å². The van der Waals surface area contributed by atoms with Crippen LogP contribution in [0.3, 0.4) is 0 Å². The Balaban J connectivity index is 1.71. The third-order valence-electron chi connectivity index (χ3n) is 5.16. The molecule has 3 aromatic rings. The molecule has 2 amide bonds. The quantitative estimate of drug-likeness (QED) is 0.650. The molecule has 1 aliphatic heterocycles. The molecule has 156 valence electrons. The van der Waals surface area contributed by atoms with Gasteiger partial charge in [0.1, 0.15) is 10.8 Å². The number of carbonyl (C=O) groups excluding carboxylic acids is 2. The maximum Gasteiger partial charge on any atom is 0.291 e. The van der Waals surface area contributed by atoms with Crippen molar-refractivity contribution < 1.29 is 18.7 Å². The standard InChI is InChI=1S/C23H24N2O4S/c1-3-17-9-10-18(29-17)21(26)24-22-19(23(27)25-11-13-28-14-12-25)15(2)20(30-22)16-7-5-4-6-8-16/h4-10H,3,11-14H2,1-2H3,(H,24,26). The predicted octanol–water partition coefficient (Wildman–Crippen LogP) is 4.60. The van der Waals surface area contributed by atoms with Gasteiger partial charge in [-0.05, 0) is 30.2 Å². The number of hydrogen-bond donors (Lipinski definition) is 1. The number of amides is 2. The van der Waals surface area contributed by atoms with Gasteiger partial charge in [-0.2, -0.15) is 0 Å². The number of nitrogens with one attached hydrogen (secondary N) is 1. The highest BCUT2D eigenvalue weighted by Crippen LogP contribution is 2.40. The smallest absolute Gasteiger partial charge is 0.291 e. The minimum Gasteiger partial charge on any atom is -0.456 e. The minimum absolute atomic E-state index is 0.0850. The molecule has 1 aromatic carbocycles. The first-order chi connectivity index (χ1) is 14.6. The highest BCUT2D eigenvalue weighted by molar-refractivity contribution is 7.20. The topological polar surface area (TPSA) is 71.8 Å². The molecule has 30 heavy (non-hydrogen) atoms. The van der Waals surface area contributed by atoms with E-state index in [0.29, 0.717) is 43.3 Å². The summed E-state index contributed by atoms with van der Waals surface area (Å²) in [6, 6.07) is 13.4. The molecule has 1 saturated heterocycles. The second-order valence-corrected chi connectivity index (χ2v) is 8.13. The Hall–Kier alpha value is -2.90. The SMILES string of the molecule is CCc1ccc(C(=O)Nc2sc(-c3ccccc3)c(C)c2C(=O)N2CCOCC2)o1. The number of ether oxygens (including phenoxy) is 1. The summed E-state index contributed by atoms with van der Waals surface area (Å²) in [6.07, 6.45) is 0.713. The van der Waals surface area contributed by atoms with Gasteiger partial charge in [-0.15, -0.1) is 11.3 Å². The van der Waals surface area contributed by atoms with E-state index in [-0.39, 0.29) is 17.6 Å². The van der Waals surface area contributed by atoms with Gasteiger partial charge in [0, 0.05) is 24.4 Å². The maximum atomic E-state index is 13.4. The average molecular weight is 425 g/mol. The predicted molar refractivity (Wildman–Crippen MR) is 117 cm³/mol. The molecule has 0 aliphatic carbocycles. The van der Waals surface area contributed by atoms with Crippen LogP contribution in [0.4, 0.5) is 5.00 Å². The van der Waals surface area contributed by atoms with Crippen molar-refractivity contribution in [1.29, 1.82) is 0 Å². The van der Waals surface area contributed by atoms with Gasteiger partial charge in [0.25, 0.3) is 11.8 Å². The number of furan rings is 1. The van der Waals surface area contributed by atoms with Crippen LogP contribution in [0.25, 0.3) is 10.4 Å². The Morgan fingerprint density at radius 3 is 2.50 bits per heavy atom. The number of carbonyl (C=O) groups is 2. The molecule has 3 heterocycles. The first-order valence-electron chi connectivity index (χ1n) is 10.0. The van der Waals surface area contributed by atoms with Crippen LogP contribution in [0.2, 0.25) is 0 Å². The number of anilines is 1. The van der Waals surface area contributed by atoms with Crippen molar-refractivity contribution >= 4 is 28.2 Å². The molecule has 6 nitrogen and oxygen atoms in total. The van der Waals surface area contributed by atoms with E-state index >= 15 is 0 Å². The fraction of sp³-hybridized carbons (Fsp3) is 0.304. The maximum absolute atomic E-state index is 13.4. The van der Waals surface area contributed by atoms with E-state index in [1.807, 2.05) is 44.2 Å². The van der Waals surface area contributed by atoms with Crippen LogP contribution in [0.15, 0.2) is 46.9 Å². The number of nitrogens with zero attached hydrogens (tertiary/aromatic N) is 1. The van der Waals surface area contributed by atoms with Crippen LogP contribution < -0.4 is 5.32 Å². The Labute approximate surface area is 179 Å². The molecule has 0 bridgehead atoms. The zero-order chi connectivity index (χ0) is 21.1. The van der Waals surface area contributed by atoms with Crippen molar-refractivity contribution in [2.45, 2.75) is 20.3 Å². The highest BCUT2D eigenvalue weighted by atomic mass is 32.1. The minimum atomic E-state index is -0.355. The van der Waals surface area contributed by atoms with Gasteiger partial charge >= 0.3 is 0 Å². The van der Waals surface area contributed by atoms with E-state index < -0.39 is 0 Å². The largest absolute Gasteiger partial charge is 0.456 e. The second kappa shape index (κ2) is 8.85. The van der Waals surface area contributed by atoms with E-state index in [2.05, 4.69) is 5.32 Å². The first kappa shape index (κ1) is 20.4. The number of rotatable bonds is 5. The zero-order valence-electron chi connectivity index (χ0n) is 17.1. The molecule has 7 heteroatoms. The molecule has 0 radical (unpaired) electrons. The molecule has 0 saturated carbocycles. The van der Waals surface area contributed by atoms with E-state index in [1.54, 1.807) is 17.0 Å². The van der Waals surface area contributed by atoms with Gasteiger partial charge in [0.05, 0.1) is 18.8 Å². The van der Waals surface area contributed by atoms with Crippen LogP contribution in [0.1, 0.15) is 39.2 Å². The van der Waals surface area contributed by atoms with E-state index in [4.69, 9.17) is 9.15 Å². The van der Waals surface area contributed by atoms with Crippen LogP contribution >= 0.6 is 11.3 Å². The lowest BCUT2D eigenvalue weighted by molar-refractivity contribution is 0.0303. The molecule has 2 aromatic heterocycles. The summed E-state index contributed by atoms with van der Waals surface area (Å²) in [7, 11) is 0. The molecule has 4 rings (SSSR count). The van der Waals surface area contributed by atoms with Crippen molar-refractivity contribution in [2.24, 2.45) is 0 Å². The Morgan fingerprint density at radius 1 is 1.10 bits per heavy atom. The zero-order valence-corrected chi connectivity index (χ0v) is 17.9. The first-order valence-corrected chi connectivity index (χ1v) is 10.9. The lowest BCUT2D eigenvalue weighted by Crippen LogP contribution is -2.41. The number of aryl methyl sites for hydroxylation is 1. The van der Waals surface area contributed by atoms with Crippen molar-refractivity contribution in [3.05, 3.63) is 65.1 Å². The van der Waals surface area contributed by atoms with Crippen molar-refractivity contribution in [2.75, 3.05) is 31.6 Å². The lowest BCUT2D eigenvalue weighted by Gasteiger charge is -2.27. The Kier molecular flexibility index (Phi) is 6.01. The van der Waals surface area contributed by atoms with E-state index in [9.17, 15) is 9.59 Å². The van der Waals surface area contributed by atoms with Crippen molar-refractivity contribution in [3.63, 3.8) is 0 Å². The number of thiophene rings is 1. The summed E-state index contributed by atoms with van der Waals surface area (Å²) in [5, 5.41) is 3.47. The third kappa shape index (κ3) is 4.04. The molecular formula is C23H24N2O4S. The summed E-state index contributed by atoms with van der Waals surface area (Å²) in [6.45, 7) is 6.03. The summed E-state index contributed by atoms with van der Waals surface area (Å²) in [4.78, 5) is 28.9. The number of hydrogen-bond acceptors (Lipinski definition) is 5. The Bertz CT molecular complexity index is 1050. The average Bonchev–Trinajstić information content (AvgIpc) is 3.39. The molecule has 1 fully saturated rings. The monoisotopic (exact) mass is 424 g/mol. The summed E-state index contributed by atoms with van der Waals surface area (Å²) in [5.74, 6) is 0.547.